The lowest BCUT2D eigenvalue weighted by Gasteiger charge is -2.29. The topological polar surface area (TPSA) is 21.6 Å². The van der Waals surface area contributed by atoms with E-state index >= 15 is 0 Å². The lowest BCUT2D eigenvalue weighted by molar-refractivity contribution is -0.275. The molecule has 1 atom stereocenters. The van der Waals surface area contributed by atoms with E-state index in [1.54, 1.807) is 23.9 Å². The second-order valence-electron chi connectivity index (χ2n) is 6.16. The number of halogens is 5. The van der Waals surface area contributed by atoms with Crippen LogP contribution in [-0.2, 0) is 10.4 Å². The molecule has 1 aliphatic rings. The van der Waals surface area contributed by atoms with Gasteiger partial charge in [-0.15, -0.1) is 11.8 Å². The van der Waals surface area contributed by atoms with Crippen LogP contribution in [0.1, 0.15) is 30.9 Å². The molecule has 27 heavy (non-hydrogen) atoms. The van der Waals surface area contributed by atoms with Gasteiger partial charge in [0.2, 0.25) is 0 Å². The predicted octanol–water partition coefficient (Wildman–Crippen LogP) is 7.08. The van der Waals surface area contributed by atoms with Crippen molar-refractivity contribution in [2.75, 3.05) is 5.75 Å². The molecule has 0 radical (unpaired) electrons. The number of benzene rings is 2. The van der Waals surface area contributed by atoms with Gasteiger partial charge in [-0.1, -0.05) is 47.4 Å². The van der Waals surface area contributed by atoms with Crippen molar-refractivity contribution in [3.05, 3.63) is 63.6 Å². The lowest BCUT2D eigenvalue weighted by atomic mass is 9.86. The first kappa shape index (κ1) is 20.4. The van der Waals surface area contributed by atoms with Crippen LogP contribution in [0.15, 0.2) is 52.5 Å². The molecule has 0 spiro atoms. The van der Waals surface area contributed by atoms with E-state index in [0.29, 0.717) is 5.56 Å². The third-order valence-corrected chi connectivity index (χ3v) is 5.83. The van der Waals surface area contributed by atoms with Crippen molar-refractivity contribution in [3.63, 3.8) is 0 Å². The average Bonchev–Trinajstić information content (AvgIpc) is 3.06. The minimum Gasteiger partial charge on any atom is -0.374 e. The van der Waals surface area contributed by atoms with Crippen LogP contribution >= 0.6 is 35.0 Å². The highest BCUT2D eigenvalue weighted by molar-refractivity contribution is 7.99. The molecule has 0 amide bonds. The van der Waals surface area contributed by atoms with Crippen LogP contribution < -0.4 is 0 Å². The maximum Gasteiger partial charge on any atom is 0.435 e. The molecule has 0 fully saturated rings. The van der Waals surface area contributed by atoms with Gasteiger partial charge in [-0.2, -0.15) is 13.2 Å². The Kier molecular flexibility index (Phi) is 5.99. The van der Waals surface area contributed by atoms with Crippen LogP contribution in [0.2, 0.25) is 10.0 Å². The van der Waals surface area contributed by atoms with Gasteiger partial charge in [-0.3, -0.25) is 0 Å². The summed E-state index contributed by atoms with van der Waals surface area (Å²) in [5.41, 5.74) is -1.95. The number of rotatable bonds is 5. The number of nitrogens with zero attached hydrogens (tertiary/aromatic N) is 1. The van der Waals surface area contributed by atoms with E-state index in [9.17, 15) is 13.2 Å². The molecule has 0 saturated carbocycles. The van der Waals surface area contributed by atoms with Crippen LogP contribution in [0, 0.1) is 0 Å². The van der Waals surface area contributed by atoms with E-state index in [-0.39, 0.29) is 21.3 Å². The smallest absolute Gasteiger partial charge is 0.374 e. The summed E-state index contributed by atoms with van der Waals surface area (Å²) < 4.78 is 41.9. The highest BCUT2D eigenvalue weighted by Crippen LogP contribution is 2.49. The summed E-state index contributed by atoms with van der Waals surface area (Å²) in [6.45, 7) is 2.09. The Hall–Kier alpha value is -1.37. The van der Waals surface area contributed by atoms with Crippen LogP contribution in [-0.4, -0.2) is 17.6 Å². The monoisotopic (exact) mass is 433 g/mol. The summed E-state index contributed by atoms with van der Waals surface area (Å²) >= 11 is 13.5. The molecule has 144 valence electrons. The molecule has 0 bridgehead atoms. The van der Waals surface area contributed by atoms with Crippen LogP contribution in [0.3, 0.4) is 0 Å². The van der Waals surface area contributed by atoms with Gasteiger partial charge in [0.05, 0.1) is 5.71 Å². The van der Waals surface area contributed by atoms with Crippen molar-refractivity contribution < 1.29 is 18.0 Å². The van der Waals surface area contributed by atoms with Gasteiger partial charge in [0.1, 0.15) is 0 Å². The average molecular weight is 434 g/mol. The number of hydrogen-bond donors (Lipinski definition) is 0. The van der Waals surface area contributed by atoms with Crippen molar-refractivity contribution in [3.8, 4) is 0 Å². The first-order valence-corrected chi connectivity index (χ1v) is 10.0. The first-order valence-electron chi connectivity index (χ1n) is 8.27. The molecule has 0 aliphatic carbocycles. The molecule has 0 N–H and O–H groups in total. The minimum atomic E-state index is -4.69. The predicted molar refractivity (Wildman–Crippen MR) is 104 cm³/mol. The number of alkyl halides is 3. The molecule has 1 aliphatic heterocycles. The van der Waals surface area contributed by atoms with Crippen LogP contribution in [0.4, 0.5) is 13.2 Å². The molecular weight excluding hydrogens is 418 g/mol. The minimum absolute atomic E-state index is 0.107. The molecule has 1 unspecified atom stereocenters. The van der Waals surface area contributed by atoms with Gasteiger partial charge in [0, 0.05) is 26.9 Å². The van der Waals surface area contributed by atoms with E-state index in [0.717, 1.165) is 17.1 Å². The largest absolute Gasteiger partial charge is 0.435 e. The lowest BCUT2D eigenvalue weighted by Crippen LogP contribution is -2.42. The number of oxime groups is 1. The Morgan fingerprint density at radius 2 is 1.74 bits per heavy atom. The molecule has 1 heterocycles. The Morgan fingerprint density at radius 3 is 2.30 bits per heavy atom. The van der Waals surface area contributed by atoms with Crippen LogP contribution in [0.5, 0.6) is 0 Å². The molecule has 0 saturated heterocycles. The van der Waals surface area contributed by atoms with Crippen molar-refractivity contribution in [1.82, 2.24) is 0 Å². The number of hydrogen-bond acceptors (Lipinski definition) is 3. The maximum atomic E-state index is 14.0. The van der Waals surface area contributed by atoms with Gasteiger partial charge >= 0.3 is 6.18 Å². The summed E-state index contributed by atoms with van der Waals surface area (Å²) in [6.07, 6.45) is -4.10. The fraction of sp³-hybridized carbons (Fsp3) is 0.316. The molecule has 2 aromatic carbocycles. The molecule has 0 aromatic heterocycles. The van der Waals surface area contributed by atoms with Gasteiger partial charge < -0.3 is 4.84 Å². The molecule has 8 heteroatoms. The third kappa shape index (κ3) is 4.23. The first-order chi connectivity index (χ1) is 12.7. The standard InChI is InChI=1S/C19H16Cl2F3NOS/c1-2-7-27-16-5-3-12(4-6-16)17-11-18(26-25-17,19(22,23)24)13-8-14(20)10-15(21)9-13/h3-6,8-10H,2,7,11H2,1H3. The van der Waals surface area contributed by atoms with E-state index in [2.05, 4.69) is 12.1 Å². The second kappa shape index (κ2) is 7.94. The van der Waals surface area contributed by atoms with Crippen molar-refractivity contribution in [2.24, 2.45) is 5.16 Å². The molecule has 2 aromatic rings. The van der Waals surface area contributed by atoms with E-state index < -0.39 is 18.2 Å². The van der Waals surface area contributed by atoms with Gasteiger partial charge in [0.25, 0.3) is 5.60 Å². The third-order valence-electron chi connectivity index (χ3n) is 4.18. The highest BCUT2D eigenvalue weighted by Gasteiger charge is 2.62. The van der Waals surface area contributed by atoms with Gasteiger partial charge in [0.15, 0.2) is 0 Å². The second-order valence-corrected chi connectivity index (χ2v) is 8.20. The Balaban J connectivity index is 1.90. The fourth-order valence-electron chi connectivity index (χ4n) is 2.81. The normalized spacial score (nSPS) is 19.7. The quantitative estimate of drug-likeness (QED) is 0.469. The SMILES string of the molecule is CCCSc1ccc(C2=NOC(c3cc(Cl)cc(Cl)c3)(C(F)(F)F)C2)cc1. The summed E-state index contributed by atoms with van der Waals surface area (Å²) in [7, 11) is 0. The summed E-state index contributed by atoms with van der Waals surface area (Å²) in [4.78, 5) is 6.06. The van der Waals surface area contributed by atoms with E-state index in [1.807, 2.05) is 12.1 Å². The van der Waals surface area contributed by atoms with Crippen molar-refractivity contribution >= 4 is 40.7 Å². The zero-order chi connectivity index (χ0) is 19.7. The van der Waals surface area contributed by atoms with E-state index in [4.69, 9.17) is 28.0 Å². The Labute approximate surface area is 169 Å². The molecule has 3 rings (SSSR count). The van der Waals surface area contributed by atoms with Gasteiger partial charge in [-0.25, -0.2) is 0 Å². The molecular formula is C19H16Cl2F3NOS. The summed E-state index contributed by atoms with van der Waals surface area (Å²) in [5.74, 6) is 0.982. The van der Waals surface area contributed by atoms with Crippen LogP contribution in [0.25, 0.3) is 0 Å². The number of thioether (sulfide) groups is 1. The molecule has 2 nitrogen and oxygen atoms in total. The van der Waals surface area contributed by atoms with Crippen molar-refractivity contribution in [1.29, 1.82) is 0 Å². The zero-order valence-electron chi connectivity index (χ0n) is 14.3. The summed E-state index contributed by atoms with van der Waals surface area (Å²) in [6, 6.07) is 11.1. The Bertz CT molecular complexity index is 835. The highest BCUT2D eigenvalue weighted by atomic mass is 35.5. The summed E-state index contributed by atoms with van der Waals surface area (Å²) in [5, 5.41) is 3.97. The van der Waals surface area contributed by atoms with Gasteiger partial charge in [-0.05, 0) is 48.1 Å². The van der Waals surface area contributed by atoms with Crippen molar-refractivity contribution in [2.45, 2.75) is 36.4 Å². The van der Waals surface area contributed by atoms with E-state index in [1.165, 1.54) is 18.2 Å². The Morgan fingerprint density at radius 1 is 1.11 bits per heavy atom. The fourth-order valence-corrected chi connectivity index (χ4v) is 4.10. The zero-order valence-corrected chi connectivity index (χ0v) is 16.6. The maximum absolute atomic E-state index is 14.0.